The van der Waals surface area contributed by atoms with Gasteiger partial charge in [0.05, 0.1) is 5.60 Å². The molecule has 2 saturated heterocycles. The summed E-state index contributed by atoms with van der Waals surface area (Å²) < 4.78 is 5.74. The second kappa shape index (κ2) is 3.64. The van der Waals surface area contributed by atoms with Gasteiger partial charge in [-0.2, -0.15) is 0 Å². The average molecular weight is 184 g/mol. The van der Waals surface area contributed by atoms with Crippen LogP contribution in [0, 0.1) is 0 Å². The highest BCUT2D eigenvalue weighted by molar-refractivity contribution is 5.46. The summed E-state index contributed by atoms with van der Waals surface area (Å²) in [6.45, 7) is 3.35. The Morgan fingerprint density at radius 1 is 1.46 bits per heavy atom. The molecule has 0 aromatic carbocycles. The van der Waals surface area contributed by atoms with Crippen molar-refractivity contribution in [3.63, 3.8) is 0 Å². The number of hydrogen-bond donors (Lipinski definition) is 1. The molecule has 2 aliphatic rings. The third-order valence-electron chi connectivity index (χ3n) is 2.97. The van der Waals surface area contributed by atoms with E-state index in [1.807, 2.05) is 0 Å². The predicted octanol–water partition coefficient (Wildman–Crippen LogP) is -0.0552. The fourth-order valence-corrected chi connectivity index (χ4v) is 2.06. The Kier molecular flexibility index (Phi) is 2.51. The number of piperidine rings is 1. The fraction of sp³-hybridized carbons (Fsp3) is 0.889. The zero-order valence-corrected chi connectivity index (χ0v) is 7.79. The fourth-order valence-electron chi connectivity index (χ4n) is 2.06. The standard InChI is InChI=1S/C9H16N2O2/c12-7-11-5-3-9(13-8-11)2-1-4-10-6-9/h7,10H,1-6,8H2. The zero-order valence-electron chi connectivity index (χ0n) is 7.79. The number of carbonyl (C=O) groups is 1. The molecule has 74 valence electrons. The highest BCUT2D eigenvalue weighted by Crippen LogP contribution is 2.28. The van der Waals surface area contributed by atoms with Crippen molar-refractivity contribution in [3.8, 4) is 0 Å². The minimum atomic E-state index is 0.0256. The SMILES string of the molecule is O=CN1CCC2(CCCNC2)OC1. The zero-order chi connectivity index (χ0) is 9.15. The predicted molar refractivity (Wildman–Crippen MR) is 48.2 cm³/mol. The molecule has 1 atom stereocenters. The van der Waals surface area contributed by atoms with E-state index in [9.17, 15) is 4.79 Å². The van der Waals surface area contributed by atoms with E-state index in [1.54, 1.807) is 4.90 Å². The lowest BCUT2D eigenvalue weighted by atomic mass is 9.89. The first kappa shape index (κ1) is 8.97. The first-order valence-electron chi connectivity index (χ1n) is 4.89. The Hall–Kier alpha value is -0.610. The van der Waals surface area contributed by atoms with Crippen molar-refractivity contribution < 1.29 is 9.53 Å². The van der Waals surface area contributed by atoms with Crippen molar-refractivity contribution in [2.24, 2.45) is 0 Å². The Morgan fingerprint density at radius 2 is 2.38 bits per heavy atom. The van der Waals surface area contributed by atoms with Crippen LogP contribution in [0.3, 0.4) is 0 Å². The van der Waals surface area contributed by atoms with Gasteiger partial charge in [-0.25, -0.2) is 0 Å². The molecule has 2 fully saturated rings. The molecule has 0 bridgehead atoms. The number of amides is 1. The molecule has 1 spiro atoms. The van der Waals surface area contributed by atoms with E-state index >= 15 is 0 Å². The Bertz CT molecular complexity index is 180. The van der Waals surface area contributed by atoms with Crippen LogP contribution < -0.4 is 5.32 Å². The maximum Gasteiger partial charge on any atom is 0.211 e. The van der Waals surface area contributed by atoms with Gasteiger partial charge in [-0.1, -0.05) is 0 Å². The minimum Gasteiger partial charge on any atom is -0.353 e. The lowest BCUT2D eigenvalue weighted by Crippen LogP contribution is -2.54. The molecule has 0 aromatic rings. The molecular weight excluding hydrogens is 168 g/mol. The Morgan fingerprint density at radius 3 is 2.92 bits per heavy atom. The second-order valence-electron chi connectivity index (χ2n) is 3.90. The summed E-state index contributed by atoms with van der Waals surface area (Å²) in [7, 11) is 0. The van der Waals surface area contributed by atoms with Crippen molar-refractivity contribution in [1.82, 2.24) is 10.2 Å². The quantitative estimate of drug-likeness (QED) is 0.581. The highest BCUT2D eigenvalue weighted by atomic mass is 16.5. The molecule has 0 saturated carbocycles. The van der Waals surface area contributed by atoms with Gasteiger partial charge in [-0.3, -0.25) is 4.79 Å². The van der Waals surface area contributed by atoms with E-state index in [-0.39, 0.29) is 5.60 Å². The van der Waals surface area contributed by atoms with E-state index in [2.05, 4.69) is 5.32 Å². The van der Waals surface area contributed by atoms with Gasteiger partial charge in [-0.15, -0.1) is 0 Å². The van der Waals surface area contributed by atoms with Crippen LogP contribution in [-0.4, -0.2) is 43.3 Å². The Labute approximate surface area is 78.2 Å². The molecule has 2 aliphatic heterocycles. The van der Waals surface area contributed by atoms with Gasteiger partial charge in [0.2, 0.25) is 6.41 Å². The summed E-state index contributed by atoms with van der Waals surface area (Å²) in [4.78, 5) is 12.1. The summed E-state index contributed by atoms with van der Waals surface area (Å²) in [5.41, 5.74) is 0.0256. The van der Waals surface area contributed by atoms with E-state index in [1.165, 1.54) is 6.42 Å². The summed E-state index contributed by atoms with van der Waals surface area (Å²) in [6, 6.07) is 0. The maximum atomic E-state index is 10.5. The van der Waals surface area contributed by atoms with Crippen LogP contribution >= 0.6 is 0 Å². The molecule has 2 rings (SSSR count). The molecule has 0 aromatic heterocycles. The molecule has 1 amide bonds. The monoisotopic (exact) mass is 184 g/mol. The second-order valence-corrected chi connectivity index (χ2v) is 3.90. The normalized spacial score (nSPS) is 34.9. The molecular formula is C9H16N2O2. The number of nitrogens with zero attached hydrogens (tertiary/aromatic N) is 1. The minimum absolute atomic E-state index is 0.0256. The van der Waals surface area contributed by atoms with Crippen LogP contribution in [0.2, 0.25) is 0 Å². The molecule has 13 heavy (non-hydrogen) atoms. The van der Waals surface area contributed by atoms with Crippen molar-refractivity contribution >= 4 is 6.41 Å². The summed E-state index contributed by atoms with van der Waals surface area (Å²) >= 11 is 0. The van der Waals surface area contributed by atoms with Crippen LogP contribution in [0.5, 0.6) is 0 Å². The number of carbonyl (C=O) groups excluding carboxylic acids is 1. The van der Waals surface area contributed by atoms with E-state index in [0.29, 0.717) is 6.73 Å². The van der Waals surface area contributed by atoms with Crippen molar-refractivity contribution in [3.05, 3.63) is 0 Å². The summed E-state index contributed by atoms with van der Waals surface area (Å²) in [5.74, 6) is 0. The molecule has 1 unspecified atom stereocenters. The number of rotatable bonds is 1. The third kappa shape index (κ3) is 1.84. The van der Waals surface area contributed by atoms with E-state index in [0.717, 1.165) is 38.9 Å². The van der Waals surface area contributed by atoms with Gasteiger partial charge in [0.15, 0.2) is 0 Å². The van der Waals surface area contributed by atoms with E-state index in [4.69, 9.17) is 4.74 Å². The van der Waals surface area contributed by atoms with Gasteiger partial charge >= 0.3 is 0 Å². The Balaban J connectivity index is 1.91. The van der Waals surface area contributed by atoms with Crippen LogP contribution in [-0.2, 0) is 9.53 Å². The summed E-state index contributed by atoms with van der Waals surface area (Å²) in [6.07, 6.45) is 4.15. The molecule has 2 heterocycles. The maximum absolute atomic E-state index is 10.5. The van der Waals surface area contributed by atoms with Crippen molar-refractivity contribution in [1.29, 1.82) is 0 Å². The van der Waals surface area contributed by atoms with Gasteiger partial charge < -0.3 is 15.0 Å². The van der Waals surface area contributed by atoms with Gasteiger partial charge in [0, 0.05) is 13.1 Å². The lowest BCUT2D eigenvalue weighted by Gasteiger charge is -2.43. The highest BCUT2D eigenvalue weighted by Gasteiger charge is 2.36. The van der Waals surface area contributed by atoms with Crippen LogP contribution in [0.25, 0.3) is 0 Å². The molecule has 0 radical (unpaired) electrons. The van der Waals surface area contributed by atoms with Crippen molar-refractivity contribution in [2.45, 2.75) is 24.9 Å². The lowest BCUT2D eigenvalue weighted by molar-refractivity contribution is -0.157. The van der Waals surface area contributed by atoms with Gasteiger partial charge in [0.1, 0.15) is 6.73 Å². The molecule has 0 aliphatic carbocycles. The first-order valence-corrected chi connectivity index (χ1v) is 4.89. The van der Waals surface area contributed by atoms with Crippen LogP contribution in [0.1, 0.15) is 19.3 Å². The molecule has 4 heteroatoms. The van der Waals surface area contributed by atoms with Crippen molar-refractivity contribution in [2.75, 3.05) is 26.4 Å². The number of hydrogen-bond acceptors (Lipinski definition) is 3. The van der Waals surface area contributed by atoms with Gasteiger partial charge in [0.25, 0.3) is 0 Å². The average Bonchev–Trinajstić information content (AvgIpc) is 2.20. The van der Waals surface area contributed by atoms with Gasteiger partial charge in [-0.05, 0) is 25.8 Å². The number of nitrogens with one attached hydrogen (secondary N) is 1. The molecule has 1 N–H and O–H groups in total. The van der Waals surface area contributed by atoms with Crippen LogP contribution in [0.15, 0.2) is 0 Å². The molecule has 4 nitrogen and oxygen atoms in total. The summed E-state index contributed by atoms with van der Waals surface area (Å²) in [5, 5.41) is 3.35. The third-order valence-corrected chi connectivity index (χ3v) is 2.97. The largest absolute Gasteiger partial charge is 0.353 e. The van der Waals surface area contributed by atoms with E-state index < -0.39 is 0 Å². The number of ether oxygens (including phenoxy) is 1. The smallest absolute Gasteiger partial charge is 0.211 e. The first-order chi connectivity index (χ1) is 6.35. The topological polar surface area (TPSA) is 41.6 Å². The van der Waals surface area contributed by atoms with Crippen LogP contribution in [0.4, 0.5) is 0 Å².